The van der Waals surface area contributed by atoms with Gasteiger partial charge in [-0.1, -0.05) is 68.0 Å². The Hall–Kier alpha value is -2.06. The van der Waals surface area contributed by atoms with Crippen LogP contribution in [0.4, 0.5) is 0 Å². The molecule has 0 amide bonds. The molecule has 0 heterocycles. The van der Waals surface area contributed by atoms with Crippen LogP contribution in [-0.2, 0) is 4.79 Å². The minimum Gasteiger partial charge on any atom is -0.299 e. The summed E-state index contributed by atoms with van der Waals surface area (Å²) in [7, 11) is 0. The molecule has 0 fully saturated rings. The number of ketones is 1. The zero-order chi connectivity index (χ0) is 20.0. The number of allylic oxidation sites excluding steroid dienone is 9. The van der Waals surface area contributed by atoms with E-state index in [9.17, 15) is 4.79 Å². The summed E-state index contributed by atoms with van der Waals surface area (Å²) < 4.78 is 0. The van der Waals surface area contributed by atoms with Crippen molar-refractivity contribution in [1.82, 2.24) is 0 Å². The molecule has 1 aromatic carbocycles. The molecule has 0 atom stereocenters. The molecule has 0 saturated heterocycles. The van der Waals surface area contributed by atoms with Crippen LogP contribution in [0.3, 0.4) is 0 Å². The molecule has 0 saturated carbocycles. The molecule has 1 aliphatic rings. The highest BCUT2D eigenvalue weighted by molar-refractivity contribution is 8.02. The predicted molar refractivity (Wildman–Crippen MR) is 122 cm³/mol. The van der Waals surface area contributed by atoms with Crippen LogP contribution >= 0.6 is 11.8 Å². The largest absolute Gasteiger partial charge is 0.299 e. The molecule has 27 heavy (non-hydrogen) atoms. The quantitative estimate of drug-likeness (QED) is 0.468. The molecule has 0 bridgehead atoms. The average molecular weight is 379 g/mol. The van der Waals surface area contributed by atoms with Crippen molar-refractivity contribution in [2.75, 3.05) is 6.26 Å². The first-order chi connectivity index (χ1) is 12.9. The van der Waals surface area contributed by atoms with Gasteiger partial charge in [0.05, 0.1) is 0 Å². The Morgan fingerprint density at radius 3 is 2.52 bits per heavy atom. The fourth-order valence-electron chi connectivity index (χ4n) is 3.19. The molecule has 1 aromatic rings. The third-order valence-corrected chi connectivity index (χ3v) is 5.59. The van der Waals surface area contributed by atoms with Crippen molar-refractivity contribution in [3.63, 3.8) is 0 Å². The second-order valence-electron chi connectivity index (χ2n) is 7.19. The number of aryl methyl sites for hydroxylation is 1. The van der Waals surface area contributed by atoms with E-state index in [4.69, 9.17) is 0 Å². The molecule has 0 aromatic heterocycles. The number of benzene rings is 1. The number of hydrogen-bond donors (Lipinski definition) is 0. The summed E-state index contributed by atoms with van der Waals surface area (Å²) in [6.45, 7) is 10.2. The predicted octanol–water partition coefficient (Wildman–Crippen LogP) is 7.16. The van der Waals surface area contributed by atoms with E-state index >= 15 is 0 Å². The minimum atomic E-state index is 0.0632. The van der Waals surface area contributed by atoms with E-state index < -0.39 is 0 Å². The molecule has 1 aliphatic carbocycles. The Labute approximate surface area is 168 Å². The maximum Gasteiger partial charge on any atom is 0.139 e. The van der Waals surface area contributed by atoms with Crippen molar-refractivity contribution in [2.45, 2.75) is 41.0 Å². The third kappa shape index (κ3) is 5.23. The molecule has 2 heteroatoms. The van der Waals surface area contributed by atoms with E-state index in [1.54, 1.807) is 11.8 Å². The molecule has 2 rings (SSSR count). The van der Waals surface area contributed by atoms with Crippen molar-refractivity contribution >= 4 is 28.7 Å². The molecular formula is C25H30OS. The lowest BCUT2D eigenvalue weighted by Crippen LogP contribution is -2.07. The van der Waals surface area contributed by atoms with Gasteiger partial charge in [0.2, 0.25) is 0 Å². The van der Waals surface area contributed by atoms with Gasteiger partial charge in [-0.05, 0) is 60.9 Å². The summed E-state index contributed by atoms with van der Waals surface area (Å²) >= 11 is 1.73. The second kappa shape index (κ2) is 9.75. The average Bonchev–Trinajstić information content (AvgIpc) is 2.88. The lowest BCUT2D eigenvalue weighted by molar-refractivity contribution is -0.120. The zero-order valence-electron chi connectivity index (χ0n) is 17.3. The van der Waals surface area contributed by atoms with Gasteiger partial charge in [0.25, 0.3) is 0 Å². The summed E-state index contributed by atoms with van der Waals surface area (Å²) in [5.41, 5.74) is 7.30. The molecule has 0 aliphatic heterocycles. The molecule has 0 N–H and O–H groups in total. The van der Waals surface area contributed by atoms with Crippen LogP contribution in [0, 0.1) is 12.8 Å². The van der Waals surface area contributed by atoms with Gasteiger partial charge in [0.15, 0.2) is 0 Å². The number of hydrogen-bond acceptors (Lipinski definition) is 2. The monoisotopic (exact) mass is 378 g/mol. The summed E-state index contributed by atoms with van der Waals surface area (Å²) in [4.78, 5) is 13.6. The lowest BCUT2D eigenvalue weighted by Gasteiger charge is -2.08. The van der Waals surface area contributed by atoms with Gasteiger partial charge < -0.3 is 0 Å². The van der Waals surface area contributed by atoms with E-state index in [1.165, 1.54) is 38.3 Å². The van der Waals surface area contributed by atoms with E-state index in [0.717, 1.165) is 0 Å². The van der Waals surface area contributed by atoms with Crippen LogP contribution in [0.5, 0.6) is 0 Å². The third-order valence-electron chi connectivity index (χ3n) is 4.84. The van der Waals surface area contributed by atoms with Gasteiger partial charge in [-0.3, -0.25) is 4.79 Å². The molecule has 142 valence electrons. The summed E-state index contributed by atoms with van der Waals surface area (Å²) in [6.07, 6.45) is 15.2. The summed E-state index contributed by atoms with van der Waals surface area (Å²) in [6, 6.07) is 6.54. The first-order valence-corrected chi connectivity index (χ1v) is 10.7. The normalized spacial score (nSPS) is 16.4. The maximum absolute atomic E-state index is 12.4. The molecular weight excluding hydrogens is 348 g/mol. The van der Waals surface area contributed by atoms with Crippen LogP contribution < -0.4 is 0 Å². The highest BCUT2D eigenvalue weighted by Crippen LogP contribution is 2.43. The van der Waals surface area contributed by atoms with E-state index in [0.29, 0.717) is 12.2 Å². The second-order valence-corrected chi connectivity index (χ2v) is 8.07. The fraction of sp³-hybridized carbons (Fsp3) is 0.320. The SMILES string of the molecule is C\C=C/C(=C\C=C\C=C1\C(C)=C(CC(=O)C(C)C)c2cc(C)ccc21)SC. The van der Waals surface area contributed by atoms with E-state index in [2.05, 4.69) is 74.8 Å². The number of fused-ring (bicyclic) bond motifs is 1. The smallest absolute Gasteiger partial charge is 0.139 e. The molecule has 0 radical (unpaired) electrons. The Bertz CT molecular complexity index is 860. The van der Waals surface area contributed by atoms with Crippen molar-refractivity contribution in [3.8, 4) is 0 Å². The maximum atomic E-state index is 12.4. The summed E-state index contributed by atoms with van der Waals surface area (Å²) in [5, 5.41) is 0. The highest BCUT2D eigenvalue weighted by atomic mass is 32.2. The number of rotatable bonds is 7. The first-order valence-electron chi connectivity index (χ1n) is 9.48. The highest BCUT2D eigenvalue weighted by Gasteiger charge is 2.25. The van der Waals surface area contributed by atoms with Gasteiger partial charge in [-0.25, -0.2) is 0 Å². The van der Waals surface area contributed by atoms with Crippen molar-refractivity contribution in [2.24, 2.45) is 5.92 Å². The Morgan fingerprint density at radius 1 is 1.15 bits per heavy atom. The summed E-state index contributed by atoms with van der Waals surface area (Å²) in [5.74, 6) is 0.362. The van der Waals surface area contributed by atoms with E-state index in [1.807, 2.05) is 20.8 Å². The zero-order valence-corrected chi connectivity index (χ0v) is 18.1. The topological polar surface area (TPSA) is 17.1 Å². The van der Waals surface area contributed by atoms with Crippen LogP contribution in [-0.4, -0.2) is 12.0 Å². The van der Waals surface area contributed by atoms with Crippen LogP contribution in [0.2, 0.25) is 0 Å². The van der Waals surface area contributed by atoms with Crippen LogP contribution in [0.25, 0.3) is 11.1 Å². The van der Waals surface area contributed by atoms with Gasteiger partial charge >= 0.3 is 0 Å². The molecule has 1 nitrogen and oxygen atoms in total. The first kappa shape index (κ1) is 21.2. The van der Waals surface area contributed by atoms with Crippen molar-refractivity contribution < 1.29 is 4.79 Å². The van der Waals surface area contributed by atoms with Crippen LogP contribution in [0.1, 0.15) is 50.8 Å². The number of carbonyl (C=O) groups is 1. The minimum absolute atomic E-state index is 0.0632. The Kier molecular flexibility index (Phi) is 7.67. The number of Topliss-reactive ketones (excluding diaryl/α,β-unsaturated/α-hetero) is 1. The Morgan fingerprint density at radius 2 is 1.89 bits per heavy atom. The fourth-order valence-corrected chi connectivity index (χ4v) is 3.68. The van der Waals surface area contributed by atoms with Crippen molar-refractivity contribution in [1.29, 1.82) is 0 Å². The molecule has 0 spiro atoms. The lowest BCUT2D eigenvalue weighted by atomic mass is 9.95. The number of thioether (sulfide) groups is 1. The van der Waals surface area contributed by atoms with Gasteiger partial charge in [0.1, 0.15) is 5.78 Å². The van der Waals surface area contributed by atoms with Crippen LogP contribution in [0.15, 0.2) is 65.1 Å². The standard InChI is InChI=1S/C25H30OS/c1-7-10-20(27-6)11-8-9-12-21-19(5)23(16-25(26)17(2)3)24-15-18(4)13-14-22(21)24/h7-15,17H,16H2,1-6H3/b9-8+,10-7-,20-11+,21-12-. The van der Waals surface area contributed by atoms with Gasteiger partial charge in [-0.2, -0.15) is 0 Å². The van der Waals surface area contributed by atoms with Gasteiger partial charge in [-0.15, -0.1) is 11.8 Å². The van der Waals surface area contributed by atoms with E-state index in [-0.39, 0.29) is 5.92 Å². The van der Waals surface area contributed by atoms with Crippen molar-refractivity contribution in [3.05, 3.63) is 81.8 Å². The van der Waals surface area contributed by atoms with Gasteiger partial charge in [0, 0.05) is 17.2 Å². The Balaban J connectivity index is 2.41. The molecule has 0 unspecified atom stereocenters. The number of carbonyl (C=O) groups excluding carboxylic acids is 1.